The number of aldehydes is 1. The summed E-state index contributed by atoms with van der Waals surface area (Å²) in [5.74, 6) is 0.517. The second-order valence-corrected chi connectivity index (χ2v) is 6.97. The Bertz CT molecular complexity index is 520. The number of thioether (sulfide) groups is 1. The average Bonchev–Trinajstić information content (AvgIpc) is 2.50. The Kier molecular flexibility index (Phi) is 7.39. The molecule has 0 heterocycles. The van der Waals surface area contributed by atoms with Gasteiger partial charge in [-0.15, -0.1) is 11.8 Å². The Labute approximate surface area is 137 Å². The van der Waals surface area contributed by atoms with E-state index in [1.807, 2.05) is 18.2 Å². The van der Waals surface area contributed by atoms with Crippen LogP contribution in [0.25, 0.3) is 0 Å². The van der Waals surface area contributed by atoms with Gasteiger partial charge in [0.2, 0.25) is 0 Å². The minimum Gasteiger partial charge on any atom is -0.461 e. The summed E-state index contributed by atoms with van der Waals surface area (Å²) in [5.41, 5.74) is 0.516. The van der Waals surface area contributed by atoms with Crippen LogP contribution in [0.15, 0.2) is 46.9 Å². The van der Waals surface area contributed by atoms with Gasteiger partial charge in [0.05, 0.1) is 5.41 Å². The van der Waals surface area contributed by atoms with Gasteiger partial charge in [-0.3, -0.25) is 4.79 Å². The lowest BCUT2D eigenvalue weighted by molar-refractivity contribution is -0.153. The van der Waals surface area contributed by atoms with Crippen molar-refractivity contribution in [2.45, 2.75) is 45.1 Å². The summed E-state index contributed by atoms with van der Waals surface area (Å²) in [7, 11) is 0. The van der Waals surface area contributed by atoms with E-state index in [-0.39, 0.29) is 5.97 Å². The maximum atomic E-state index is 11.2. The van der Waals surface area contributed by atoms with E-state index in [4.69, 9.17) is 4.74 Å². The first kappa shape index (κ1) is 18.5. The third kappa shape index (κ3) is 6.48. The number of hydrogen-bond acceptors (Lipinski definition) is 4. The largest absolute Gasteiger partial charge is 0.461 e. The molecular weight excluding hydrogens is 296 g/mol. The molecule has 0 aliphatic heterocycles. The molecule has 0 aliphatic carbocycles. The molecule has 0 spiro atoms. The smallest absolute Gasteiger partial charge is 0.302 e. The fourth-order valence-corrected chi connectivity index (χ4v) is 2.72. The van der Waals surface area contributed by atoms with E-state index in [0.29, 0.717) is 6.42 Å². The van der Waals surface area contributed by atoms with E-state index < -0.39 is 11.5 Å². The molecule has 0 saturated heterocycles. The lowest BCUT2D eigenvalue weighted by atomic mass is 9.86. The van der Waals surface area contributed by atoms with Gasteiger partial charge in [-0.2, -0.15) is 0 Å². The summed E-state index contributed by atoms with van der Waals surface area (Å²) < 4.78 is 5.30. The van der Waals surface area contributed by atoms with Crippen LogP contribution >= 0.6 is 11.8 Å². The molecule has 120 valence electrons. The maximum absolute atomic E-state index is 11.2. The van der Waals surface area contributed by atoms with Gasteiger partial charge >= 0.3 is 5.97 Å². The molecule has 1 aromatic rings. The molecule has 1 aromatic carbocycles. The van der Waals surface area contributed by atoms with Gasteiger partial charge in [-0.1, -0.05) is 29.8 Å². The van der Waals surface area contributed by atoms with Crippen molar-refractivity contribution >= 4 is 24.0 Å². The summed E-state index contributed by atoms with van der Waals surface area (Å²) in [6, 6.07) is 10.2. The van der Waals surface area contributed by atoms with Crippen LogP contribution < -0.4 is 0 Å². The Morgan fingerprint density at radius 2 is 1.91 bits per heavy atom. The molecule has 0 aromatic heterocycles. The summed E-state index contributed by atoms with van der Waals surface area (Å²) in [6.45, 7) is 7.00. The van der Waals surface area contributed by atoms with E-state index in [1.165, 1.54) is 17.4 Å². The molecule has 0 bridgehead atoms. The van der Waals surface area contributed by atoms with Gasteiger partial charge in [0.1, 0.15) is 12.4 Å². The van der Waals surface area contributed by atoms with Crippen molar-refractivity contribution in [3.63, 3.8) is 0 Å². The predicted octanol–water partition coefficient (Wildman–Crippen LogP) is 4.27. The molecule has 1 atom stereocenters. The molecule has 0 unspecified atom stereocenters. The minimum absolute atomic E-state index is 0.357. The first-order valence-corrected chi connectivity index (χ1v) is 8.30. The molecule has 3 nitrogen and oxygen atoms in total. The van der Waals surface area contributed by atoms with Crippen LogP contribution in [0.2, 0.25) is 0 Å². The molecule has 0 saturated carbocycles. The van der Waals surface area contributed by atoms with Gasteiger partial charge in [0.15, 0.2) is 0 Å². The van der Waals surface area contributed by atoms with Crippen molar-refractivity contribution in [2.24, 2.45) is 5.41 Å². The van der Waals surface area contributed by atoms with E-state index in [1.54, 1.807) is 25.6 Å². The highest BCUT2D eigenvalue weighted by Gasteiger charge is 2.31. The zero-order valence-electron chi connectivity index (χ0n) is 13.7. The zero-order valence-corrected chi connectivity index (χ0v) is 14.5. The lowest BCUT2D eigenvalue weighted by Gasteiger charge is -2.27. The average molecular weight is 320 g/mol. The predicted molar refractivity (Wildman–Crippen MR) is 90.9 cm³/mol. The Balaban J connectivity index is 2.61. The number of carbonyl (C=O) groups is 2. The maximum Gasteiger partial charge on any atom is 0.302 e. The van der Waals surface area contributed by atoms with Gasteiger partial charge in [-0.05, 0) is 32.9 Å². The van der Waals surface area contributed by atoms with Crippen LogP contribution in [0.1, 0.15) is 34.1 Å². The third-order valence-electron chi connectivity index (χ3n) is 3.33. The number of rotatable bonds is 8. The number of carbonyl (C=O) groups excluding carboxylic acids is 2. The Morgan fingerprint density at radius 3 is 2.45 bits per heavy atom. The molecule has 0 amide bonds. The summed E-state index contributed by atoms with van der Waals surface area (Å²) in [6.07, 6.45) is 3.02. The van der Waals surface area contributed by atoms with Crippen molar-refractivity contribution < 1.29 is 14.3 Å². The highest BCUT2D eigenvalue weighted by molar-refractivity contribution is 7.99. The van der Waals surface area contributed by atoms with E-state index in [0.717, 1.165) is 12.0 Å². The van der Waals surface area contributed by atoms with Crippen LogP contribution in [0.3, 0.4) is 0 Å². The van der Waals surface area contributed by atoms with Gasteiger partial charge < -0.3 is 9.53 Å². The molecule has 0 N–H and O–H groups in total. The Morgan fingerprint density at radius 1 is 1.27 bits per heavy atom. The standard InChI is InChI=1S/C18H24O3S/c1-14(12-22-16-8-6-5-7-9-16)10-11-17(21-15(2)20)18(3,4)13-19/h5-10,13,17H,11-12H2,1-4H3/b14-10+/t17-/m0/s1. The second-order valence-electron chi connectivity index (χ2n) is 5.93. The molecule has 22 heavy (non-hydrogen) atoms. The van der Waals surface area contributed by atoms with Crippen LogP contribution in [0.4, 0.5) is 0 Å². The van der Waals surface area contributed by atoms with Crippen molar-refractivity contribution in [2.75, 3.05) is 5.75 Å². The van der Waals surface area contributed by atoms with Crippen molar-refractivity contribution in [1.82, 2.24) is 0 Å². The van der Waals surface area contributed by atoms with Crippen LogP contribution in [0.5, 0.6) is 0 Å². The molecular formula is C18H24O3S. The Hall–Kier alpha value is -1.55. The first-order valence-electron chi connectivity index (χ1n) is 7.32. The number of ether oxygens (including phenoxy) is 1. The summed E-state index contributed by atoms with van der Waals surface area (Å²) in [5, 5.41) is 0. The van der Waals surface area contributed by atoms with Crippen LogP contribution in [-0.2, 0) is 14.3 Å². The molecule has 4 heteroatoms. The monoisotopic (exact) mass is 320 g/mol. The van der Waals surface area contributed by atoms with Gasteiger partial charge in [0.25, 0.3) is 0 Å². The highest BCUT2D eigenvalue weighted by Crippen LogP contribution is 2.25. The molecule has 0 radical (unpaired) electrons. The fourth-order valence-electron chi connectivity index (χ4n) is 1.86. The van der Waals surface area contributed by atoms with Gasteiger partial charge in [0, 0.05) is 24.0 Å². The highest BCUT2D eigenvalue weighted by atomic mass is 32.2. The second kappa shape index (κ2) is 8.79. The van der Waals surface area contributed by atoms with E-state index in [9.17, 15) is 9.59 Å². The summed E-state index contributed by atoms with van der Waals surface area (Å²) in [4.78, 5) is 23.6. The normalized spacial score (nSPS) is 13.5. The molecule has 0 aliphatic rings. The molecule has 1 rings (SSSR count). The number of esters is 1. The minimum atomic E-state index is -0.685. The zero-order chi connectivity index (χ0) is 16.6. The SMILES string of the molecule is CC(=O)O[C@@H](C/C=C(\C)CSc1ccccc1)C(C)(C)C=O. The fraction of sp³-hybridized carbons (Fsp3) is 0.444. The van der Waals surface area contributed by atoms with Gasteiger partial charge in [-0.25, -0.2) is 0 Å². The summed E-state index contributed by atoms with van der Waals surface area (Å²) >= 11 is 1.76. The quantitative estimate of drug-likeness (QED) is 0.310. The van der Waals surface area contributed by atoms with Crippen molar-refractivity contribution in [3.05, 3.63) is 42.0 Å². The third-order valence-corrected chi connectivity index (χ3v) is 4.54. The van der Waals surface area contributed by atoms with E-state index >= 15 is 0 Å². The lowest BCUT2D eigenvalue weighted by Crippen LogP contribution is -2.34. The first-order chi connectivity index (χ1) is 10.3. The van der Waals surface area contributed by atoms with Crippen LogP contribution in [-0.4, -0.2) is 24.1 Å². The van der Waals surface area contributed by atoms with Crippen molar-refractivity contribution in [3.8, 4) is 0 Å². The van der Waals surface area contributed by atoms with E-state index in [2.05, 4.69) is 25.1 Å². The number of hydrogen-bond donors (Lipinski definition) is 0. The topological polar surface area (TPSA) is 43.4 Å². The molecule has 0 fully saturated rings. The number of benzene rings is 1. The van der Waals surface area contributed by atoms with Crippen LogP contribution in [0, 0.1) is 5.41 Å². The van der Waals surface area contributed by atoms with Crippen molar-refractivity contribution in [1.29, 1.82) is 0 Å².